The van der Waals surface area contributed by atoms with Crippen molar-refractivity contribution in [2.24, 2.45) is 0 Å². The quantitative estimate of drug-likeness (QED) is 0.839. The van der Waals surface area contributed by atoms with Gasteiger partial charge >= 0.3 is 6.09 Å². The Bertz CT molecular complexity index is 806. The van der Waals surface area contributed by atoms with Crippen LogP contribution in [0.4, 0.5) is 10.5 Å². The van der Waals surface area contributed by atoms with E-state index in [0.717, 1.165) is 43.9 Å². The first kappa shape index (κ1) is 19.6. The zero-order valence-electron chi connectivity index (χ0n) is 16.7. The summed E-state index contributed by atoms with van der Waals surface area (Å²) in [6.45, 7) is 5.42. The van der Waals surface area contributed by atoms with E-state index in [0.29, 0.717) is 26.2 Å². The molecule has 154 valence electrons. The number of likely N-dealkylation sites (tertiary alicyclic amines) is 1. The minimum atomic E-state index is -0.838. The van der Waals surface area contributed by atoms with Crippen LogP contribution in [0.15, 0.2) is 54.6 Å². The molecule has 0 spiro atoms. The third-order valence-electron chi connectivity index (χ3n) is 5.76. The molecule has 1 unspecified atom stereocenters. The van der Waals surface area contributed by atoms with Crippen molar-refractivity contribution in [2.75, 3.05) is 44.2 Å². The summed E-state index contributed by atoms with van der Waals surface area (Å²) in [6.07, 6.45) is 1.53. The molecule has 1 atom stereocenters. The van der Waals surface area contributed by atoms with Crippen molar-refractivity contribution in [3.63, 3.8) is 0 Å². The second kappa shape index (κ2) is 9.18. The molecule has 2 saturated heterocycles. The Morgan fingerprint density at radius 1 is 0.966 bits per heavy atom. The van der Waals surface area contributed by atoms with Crippen LogP contribution < -0.4 is 9.64 Å². The van der Waals surface area contributed by atoms with Crippen molar-refractivity contribution in [3.05, 3.63) is 60.2 Å². The number of hydrogen-bond acceptors (Lipinski definition) is 4. The van der Waals surface area contributed by atoms with Gasteiger partial charge in [0.2, 0.25) is 0 Å². The van der Waals surface area contributed by atoms with Crippen molar-refractivity contribution in [1.82, 2.24) is 9.80 Å². The number of piperazine rings is 1. The maximum atomic E-state index is 11.2. The number of carbonyl (C=O) groups is 1. The van der Waals surface area contributed by atoms with Gasteiger partial charge in [0.05, 0.1) is 5.69 Å². The summed E-state index contributed by atoms with van der Waals surface area (Å²) in [6, 6.07) is 18.7. The van der Waals surface area contributed by atoms with E-state index in [1.165, 1.54) is 10.5 Å². The van der Waals surface area contributed by atoms with Crippen LogP contribution in [0, 0.1) is 0 Å². The van der Waals surface area contributed by atoms with Gasteiger partial charge in [-0.3, -0.25) is 4.90 Å². The number of para-hydroxylation sites is 2. The van der Waals surface area contributed by atoms with Gasteiger partial charge in [-0.15, -0.1) is 0 Å². The number of piperidine rings is 1. The largest absolute Gasteiger partial charge is 0.487 e. The molecule has 4 rings (SSSR count). The van der Waals surface area contributed by atoms with E-state index < -0.39 is 6.09 Å². The number of carboxylic acid groups (broad SMARTS) is 1. The molecule has 0 radical (unpaired) electrons. The van der Waals surface area contributed by atoms with Gasteiger partial charge in [0, 0.05) is 39.3 Å². The fourth-order valence-corrected chi connectivity index (χ4v) is 4.23. The van der Waals surface area contributed by atoms with Gasteiger partial charge in [-0.2, -0.15) is 0 Å². The highest BCUT2D eigenvalue weighted by Crippen LogP contribution is 2.31. The van der Waals surface area contributed by atoms with Crippen LogP contribution in [0.3, 0.4) is 0 Å². The fraction of sp³-hybridized carbons (Fsp3) is 0.435. The number of nitrogens with zero attached hydrogens (tertiary/aromatic N) is 3. The van der Waals surface area contributed by atoms with E-state index in [9.17, 15) is 9.90 Å². The lowest BCUT2D eigenvalue weighted by Crippen LogP contribution is -2.48. The second-order valence-corrected chi connectivity index (χ2v) is 7.83. The number of amides is 1. The highest BCUT2D eigenvalue weighted by Gasteiger charge is 2.25. The standard InChI is InChI=1S/C23H29N3O3/c27-23(28)26-15-13-25(14-16-26)21-10-4-5-11-22(21)29-20-9-6-12-24(18-20)17-19-7-2-1-3-8-19/h1-5,7-8,10-11,20H,6,9,12-18H2,(H,27,28). The summed E-state index contributed by atoms with van der Waals surface area (Å²) >= 11 is 0. The lowest BCUT2D eigenvalue weighted by atomic mass is 10.1. The first-order chi connectivity index (χ1) is 14.2. The SMILES string of the molecule is O=C(O)N1CCN(c2ccccc2OC2CCCN(Cc3ccccc3)C2)CC1. The number of rotatable bonds is 5. The Kier molecular flexibility index (Phi) is 6.20. The van der Waals surface area contributed by atoms with Crippen molar-refractivity contribution in [3.8, 4) is 5.75 Å². The fourth-order valence-electron chi connectivity index (χ4n) is 4.23. The predicted molar refractivity (Wildman–Crippen MR) is 114 cm³/mol. The zero-order valence-corrected chi connectivity index (χ0v) is 16.7. The van der Waals surface area contributed by atoms with Crippen LogP contribution >= 0.6 is 0 Å². The molecule has 2 fully saturated rings. The smallest absolute Gasteiger partial charge is 0.407 e. The maximum absolute atomic E-state index is 11.2. The monoisotopic (exact) mass is 395 g/mol. The molecule has 6 heteroatoms. The predicted octanol–water partition coefficient (Wildman–Crippen LogP) is 3.53. The summed E-state index contributed by atoms with van der Waals surface area (Å²) < 4.78 is 6.47. The molecule has 0 saturated carbocycles. The number of anilines is 1. The van der Waals surface area contributed by atoms with Gasteiger partial charge in [-0.05, 0) is 37.1 Å². The van der Waals surface area contributed by atoms with E-state index >= 15 is 0 Å². The van der Waals surface area contributed by atoms with E-state index in [1.54, 1.807) is 0 Å². The molecule has 2 heterocycles. The molecule has 1 N–H and O–H groups in total. The molecular formula is C23H29N3O3. The molecule has 2 aromatic carbocycles. The molecule has 29 heavy (non-hydrogen) atoms. The first-order valence-corrected chi connectivity index (χ1v) is 10.4. The molecule has 2 aromatic rings. The van der Waals surface area contributed by atoms with E-state index in [2.05, 4.69) is 46.2 Å². The van der Waals surface area contributed by atoms with Crippen LogP contribution in [0.2, 0.25) is 0 Å². The molecule has 0 aliphatic carbocycles. The lowest BCUT2D eigenvalue weighted by molar-refractivity contribution is 0.0845. The summed E-state index contributed by atoms with van der Waals surface area (Å²) in [5.74, 6) is 0.905. The maximum Gasteiger partial charge on any atom is 0.407 e. The van der Waals surface area contributed by atoms with E-state index in [1.807, 2.05) is 18.2 Å². The molecule has 1 amide bonds. The van der Waals surface area contributed by atoms with Crippen molar-refractivity contribution >= 4 is 11.8 Å². The van der Waals surface area contributed by atoms with Crippen LogP contribution in [-0.4, -0.2) is 66.4 Å². The van der Waals surface area contributed by atoms with Gasteiger partial charge in [0.15, 0.2) is 0 Å². The van der Waals surface area contributed by atoms with Gasteiger partial charge < -0.3 is 19.6 Å². The molecule has 6 nitrogen and oxygen atoms in total. The van der Waals surface area contributed by atoms with Crippen molar-refractivity contribution in [2.45, 2.75) is 25.5 Å². The van der Waals surface area contributed by atoms with Crippen LogP contribution in [-0.2, 0) is 6.54 Å². The average Bonchev–Trinajstić information content (AvgIpc) is 2.75. The minimum absolute atomic E-state index is 0.175. The normalized spacial score (nSPS) is 20.5. The molecule has 2 aliphatic rings. The Balaban J connectivity index is 1.39. The second-order valence-electron chi connectivity index (χ2n) is 7.83. The topological polar surface area (TPSA) is 56.3 Å². The number of hydrogen-bond donors (Lipinski definition) is 1. The Labute approximate surface area is 172 Å². The molecule has 2 aliphatic heterocycles. The summed E-state index contributed by atoms with van der Waals surface area (Å²) in [4.78, 5) is 17.3. The molecule has 0 aromatic heterocycles. The molecule has 0 bridgehead atoms. The van der Waals surface area contributed by atoms with Gasteiger partial charge in [-0.25, -0.2) is 4.79 Å². The highest BCUT2D eigenvalue weighted by atomic mass is 16.5. The van der Waals surface area contributed by atoms with E-state index in [-0.39, 0.29) is 6.10 Å². The van der Waals surface area contributed by atoms with Gasteiger partial charge in [-0.1, -0.05) is 42.5 Å². The van der Waals surface area contributed by atoms with Gasteiger partial charge in [0.1, 0.15) is 11.9 Å². The van der Waals surface area contributed by atoms with E-state index in [4.69, 9.17) is 4.74 Å². The third kappa shape index (κ3) is 5.01. The van der Waals surface area contributed by atoms with Crippen LogP contribution in [0.1, 0.15) is 18.4 Å². The Hall–Kier alpha value is -2.73. The number of benzene rings is 2. The average molecular weight is 396 g/mol. The number of ether oxygens (including phenoxy) is 1. The summed E-state index contributed by atoms with van der Waals surface area (Å²) in [5.41, 5.74) is 2.41. The summed E-state index contributed by atoms with van der Waals surface area (Å²) in [5, 5.41) is 9.17. The Morgan fingerprint density at radius 2 is 1.69 bits per heavy atom. The Morgan fingerprint density at radius 3 is 2.45 bits per heavy atom. The van der Waals surface area contributed by atoms with Crippen LogP contribution in [0.5, 0.6) is 5.75 Å². The minimum Gasteiger partial charge on any atom is -0.487 e. The lowest BCUT2D eigenvalue weighted by Gasteiger charge is -2.37. The van der Waals surface area contributed by atoms with Crippen molar-refractivity contribution < 1.29 is 14.6 Å². The van der Waals surface area contributed by atoms with Crippen LogP contribution in [0.25, 0.3) is 0 Å². The third-order valence-corrected chi connectivity index (χ3v) is 5.76. The zero-order chi connectivity index (χ0) is 20.1. The highest BCUT2D eigenvalue weighted by molar-refractivity contribution is 5.66. The first-order valence-electron chi connectivity index (χ1n) is 10.4. The van der Waals surface area contributed by atoms with Gasteiger partial charge in [0.25, 0.3) is 0 Å². The summed E-state index contributed by atoms with van der Waals surface area (Å²) in [7, 11) is 0. The molecular weight excluding hydrogens is 366 g/mol. The van der Waals surface area contributed by atoms with Crippen molar-refractivity contribution in [1.29, 1.82) is 0 Å².